The molecule has 2 atom stereocenters. The maximum atomic E-state index is 12.6. The summed E-state index contributed by atoms with van der Waals surface area (Å²) in [7, 11) is 3.42. The van der Waals surface area contributed by atoms with Crippen molar-refractivity contribution in [2.45, 2.75) is 32.7 Å². The normalized spacial score (nSPS) is 19.6. The summed E-state index contributed by atoms with van der Waals surface area (Å²) >= 11 is 0. The van der Waals surface area contributed by atoms with Crippen LogP contribution < -0.4 is 10.1 Å². The van der Waals surface area contributed by atoms with Gasteiger partial charge in [-0.05, 0) is 30.0 Å². The molecule has 1 fully saturated rings. The zero-order valence-electron chi connectivity index (χ0n) is 14.3. The van der Waals surface area contributed by atoms with Crippen LogP contribution in [-0.2, 0) is 9.59 Å². The molecule has 1 aromatic carbocycles. The second-order valence-corrected chi connectivity index (χ2v) is 6.51. The van der Waals surface area contributed by atoms with E-state index < -0.39 is 0 Å². The lowest BCUT2D eigenvalue weighted by Crippen LogP contribution is -2.43. The van der Waals surface area contributed by atoms with E-state index in [9.17, 15) is 9.59 Å². The summed E-state index contributed by atoms with van der Waals surface area (Å²) in [5.41, 5.74) is 1.05. The largest absolute Gasteiger partial charge is 0.497 e. The molecule has 5 heteroatoms. The van der Waals surface area contributed by atoms with Gasteiger partial charge >= 0.3 is 0 Å². The molecule has 2 rings (SSSR count). The average Bonchev–Trinajstić information content (AvgIpc) is 2.54. The molecular formula is C18H26N2O3. The third kappa shape index (κ3) is 4.24. The van der Waals surface area contributed by atoms with Gasteiger partial charge in [-0.3, -0.25) is 9.59 Å². The van der Waals surface area contributed by atoms with Gasteiger partial charge in [0.05, 0.1) is 13.2 Å². The Morgan fingerprint density at radius 2 is 1.96 bits per heavy atom. The number of likely N-dealkylation sites (tertiary alicyclic amines) is 1. The lowest BCUT2D eigenvalue weighted by Gasteiger charge is -2.30. The SMILES string of the molecule is COc1ccc([C@H](NC(=O)[C@@H]2CCN(C)C(=O)C2)C(C)C)cc1. The van der Waals surface area contributed by atoms with Gasteiger partial charge < -0.3 is 15.0 Å². The highest BCUT2D eigenvalue weighted by Crippen LogP contribution is 2.26. The molecule has 0 unspecified atom stereocenters. The fourth-order valence-corrected chi connectivity index (χ4v) is 2.88. The monoisotopic (exact) mass is 318 g/mol. The maximum absolute atomic E-state index is 12.6. The van der Waals surface area contributed by atoms with Crippen LogP contribution in [0.4, 0.5) is 0 Å². The lowest BCUT2D eigenvalue weighted by atomic mass is 9.92. The predicted molar refractivity (Wildman–Crippen MR) is 89.1 cm³/mol. The van der Waals surface area contributed by atoms with Gasteiger partial charge in [0, 0.05) is 25.9 Å². The molecule has 0 radical (unpaired) electrons. The van der Waals surface area contributed by atoms with E-state index in [1.807, 2.05) is 24.3 Å². The van der Waals surface area contributed by atoms with Crippen molar-refractivity contribution in [3.63, 3.8) is 0 Å². The van der Waals surface area contributed by atoms with Crippen molar-refractivity contribution in [2.75, 3.05) is 20.7 Å². The van der Waals surface area contributed by atoms with Crippen LogP contribution in [-0.4, -0.2) is 37.4 Å². The predicted octanol–water partition coefficient (Wildman–Crippen LogP) is 2.38. The summed E-state index contributed by atoms with van der Waals surface area (Å²) in [6.45, 7) is 4.80. The number of carbonyl (C=O) groups is 2. The van der Waals surface area contributed by atoms with E-state index in [-0.39, 0.29) is 29.7 Å². The Hall–Kier alpha value is -2.04. The molecule has 0 aliphatic carbocycles. The molecule has 2 amide bonds. The quantitative estimate of drug-likeness (QED) is 0.907. The first-order valence-electron chi connectivity index (χ1n) is 8.10. The number of rotatable bonds is 5. The standard InChI is InChI=1S/C18H26N2O3/c1-12(2)17(13-5-7-15(23-4)8-6-13)19-18(22)14-9-10-20(3)16(21)11-14/h5-8,12,14,17H,9-11H2,1-4H3,(H,19,22)/t14-,17-/m1/s1. The fraction of sp³-hybridized carbons (Fsp3) is 0.556. The van der Waals surface area contributed by atoms with E-state index in [0.717, 1.165) is 17.7 Å². The van der Waals surface area contributed by atoms with Gasteiger partial charge in [0.1, 0.15) is 5.75 Å². The Morgan fingerprint density at radius 3 is 2.48 bits per heavy atom. The average molecular weight is 318 g/mol. The first-order chi connectivity index (χ1) is 10.9. The summed E-state index contributed by atoms with van der Waals surface area (Å²) in [5.74, 6) is 0.846. The van der Waals surface area contributed by atoms with Crippen LogP contribution in [0.1, 0.15) is 38.3 Å². The molecule has 1 saturated heterocycles. The molecule has 0 spiro atoms. The summed E-state index contributed by atoms with van der Waals surface area (Å²) in [5, 5.41) is 3.12. The number of piperidine rings is 1. The Morgan fingerprint density at radius 1 is 1.30 bits per heavy atom. The van der Waals surface area contributed by atoms with Gasteiger partial charge in [-0.25, -0.2) is 0 Å². The molecule has 0 saturated carbocycles. The zero-order chi connectivity index (χ0) is 17.0. The highest BCUT2D eigenvalue weighted by atomic mass is 16.5. The van der Waals surface area contributed by atoms with E-state index in [0.29, 0.717) is 13.0 Å². The molecule has 1 heterocycles. The molecule has 23 heavy (non-hydrogen) atoms. The molecule has 1 aliphatic heterocycles. The second kappa shape index (κ2) is 7.49. The van der Waals surface area contributed by atoms with Crippen molar-refractivity contribution in [1.29, 1.82) is 0 Å². The molecule has 1 aromatic rings. The number of carbonyl (C=O) groups excluding carboxylic acids is 2. The number of nitrogens with zero attached hydrogens (tertiary/aromatic N) is 1. The number of methoxy groups -OCH3 is 1. The first kappa shape index (κ1) is 17.3. The maximum Gasteiger partial charge on any atom is 0.224 e. The number of ether oxygens (including phenoxy) is 1. The van der Waals surface area contributed by atoms with Crippen LogP contribution in [0.15, 0.2) is 24.3 Å². The van der Waals surface area contributed by atoms with Crippen molar-refractivity contribution in [3.05, 3.63) is 29.8 Å². The van der Waals surface area contributed by atoms with Crippen LogP contribution >= 0.6 is 0 Å². The molecular weight excluding hydrogens is 292 g/mol. The fourth-order valence-electron chi connectivity index (χ4n) is 2.88. The van der Waals surface area contributed by atoms with Gasteiger partial charge in [-0.15, -0.1) is 0 Å². The molecule has 126 valence electrons. The molecule has 0 aromatic heterocycles. The Labute approximate surface area is 138 Å². The molecule has 0 bridgehead atoms. The van der Waals surface area contributed by atoms with E-state index in [2.05, 4.69) is 19.2 Å². The minimum Gasteiger partial charge on any atom is -0.497 e. The van der Waals surface area contributed by atoms with Crippen LogP contribution in [0.5, 0.6) is 5.75 Å². The molecule has 1 aliphatic rings. The van der Waals surface area contributed by atoms with Gasteiger partial charge in [-0.1, -0.05) is 26.0 Å². The van der Waals surface area contributed by atoms with Gasteiger partial charge in [0.25, 0.3) is 0 Å². The van der Waals surface area contributed by atoms with E-state index in [1.165, 1.54) is 0 Å². The lowest BCUT2D eigenvalue weighted by molar-refractivity contribution is -0.139. The Balaban J connectivity index is 2.06. The van der Waals surface area contributed by atoms with E-state index >= 15 is 0 Å². The molecule has 1 N–H and O–H groups in total. The van der Waals surface area contributed by atoms with Crippen molar-refractivity contribution in [1.82, 2.24) is 10.2 Å². The minimum atomic E-state index is -0.224. The van der Waals surface area contributed by atoms with E-state index in [4.69, 9.17) is 4.74 Å². The Kier molecular flexibility index (Phi) is 5.64. The van der Waals surface area contributed by atoms with Crippen LogP contribution in [0, 0.1) is 11.8 Å². The van der Waals surface area contributed by atoms with Crippen molar-refractivity contribution < 1.29 is 14.3 Å². The number of hydrogen-bond acceptors (Lipinski definition) is 3. The minimum absolute atomic E-state index is 0.0269. The summed E-state index contributed by atoms with van der Waals surface area (Å²) in [4.78, 5) is 26.0. The number of nitrogens with one attached hydrogen (secondary N) is 1. The van der Waals surface area contributed by atoms with Crippen molar-refractivity contribution in [2.24, 2.45) is 11.8 Å². The third-order valence-corrected chi connectivity index (χ3v) is 4.47. The number of hydrogen-bond donors (Lipinski definition) is 1. The zero-order valence-corrected chi connectivity index (χ0v) is 14.3. The topological polar surface area (TPSA) is 58.6 Å². The van der Waals surface area contributed by atoms with Crippen LogP contribution in [0.3, 0.4) is 0 Å². The smallest absolute Gasteiger partial charge is 0.224 e. The van der Waals surface area contributed by atoms with Crippen molar-refractivity contribution >= 4 is 11.8 Å². The Bertz CT molecular complexity index is 554. The highest BCUT2D eigenvalue weighted by molar-refractivity contribution is 5.87. The molecule has 5 nitrogen and oxygen atoms in total. The third-order valence-electron chi connectivity index (χ3n) is 4.47. The summed E-state index contributed by atoms with van der Waals surface area (Å²) < 4.78 is 5.18. The summed E-state index contributed by atoms with van der Waals surface area (Å²) in [6.07, 6.45) is 1.03. The van der Waals surface area contributed by atoms with Crippen molar-refractivity contribution in [3.8, 4) is 5.75 Å². The first-order valence-corrected chi connectivity index (χ1v) is 8.10. The highest BCUT2D eigenvalue weighted by Gasteiger charge is 2.30. The number of benzene rings is 1. The second-order valence-electron chi connectivity index (χ2n) is 6.51. The van der Waals surface area contributed by atoms with E-state index in [1.54, 1.807) is 19.1 Å². The number of amides is 2. The van der Waals surface area contributed by atoms with Crippen LogP contribution in [0.25, 0.3) is 0 Å². The van der Waals surface area contributed by atoms with Gasteiger partial charge in [0.15, 0.2) is 0 Å². The van der Waals surface area contributed by atoms with Gasteiger partial charge in [0.2, 0.25) is 11.8 Å². The van der Waals surface area contributed by atoms with Crippen LogP contribution in [0.2, 0.25) is 0 Å². The van der Waals surface area contributed by atoms with Gasteiger partial charge in [-0.2, -0.15) is 0 Å². The summed E-state index contributed by atoms with van der Waals surface area (Å²) in [6, 6.07) is 7.68.